The van der Waals surface area contributed by atoms with E-state index in [-0.39, 0.29) is 17.9 Å². The Balaban J connectivity index is 2.02. The lowest BCUT2D eigenvalue weighted by atomic mass is 9.97. The highest BCUT2D eigenvalue weighted by Crippen LogP contribution is 2.25. The first kappa shape index (κ1) is 23.0. The van der Waals surface area contributed by atoms with Gasteiger partial charge in [0.1, 0.15) is 0 Å². The normalized spacial score (nSPS) is 17.6. The molecule has 7 heteroatoms. The van der Waals surface area contributed by atoms with Gasteiger partial charge in [-0.25, -0.2) is 4.79 Å². The number of hydrogen-bond donors (Lipinski definition) is 2. The number of hydroxylamine groups is 2. The van der Waals surface area contributed by atoms with Crippen LogP contribution in [-0.2, 0) is 9.63 Å². The van der Waals surface area contributed by atoms with E-state index in [4.69, 9.17) is 10.6 Å². The van der Waals surface area contributed by atoms with Crippen LogP contribution in [0.4, 0.5) is 11.4 Å². The topological polar surface area (TPSA) is 87.9 Å². The van der Waals surface area contributed by atoms with Crippen LogP contribution in [0.5, 0.6) is 0 Å². The van der Waals surface area contributed by atoms with Gasteiger partial charge >= 0.3 is 5.97 Å². The average Bonchev–Trinajstić information content (AvgIpc) is 2.68. The van der Waals surface area contributed by atoms with Crippen LogP contribution < -0.4 is 11.1 Å². The summed E-state index contributed by atoms with van der Waals surface area (Å²) in [6.07, 6.45) is 3.06. The van der Waals surface area contributed by atoms with E-state index in [1.165, 1.54) is 0 Å². The number of hydrogen-bond acceptors (Lipinski definition) is 6. The molecule has 1 aliphatic heterocycles. The highest BCUT2D eigenvalue weighted by atomic mass is 16.7. The first-order valence-corrected chi connectivity index (χ1v) is 10.6. The Morgan fingerprint density at radius 3 is 2.52 bits per heavy atom. The molecule has 1 aliphatic rings. The van der Waals surface area contributed by atoms with Crippen LogP contribution in [0, 0.1) is 5.41 Å². The number of carbonyl (C=O) groups excluding carboxylic acids is 2. The fraction of sp³-hybridized carbons (Fsp3) is 0.636. The molecule has 3 N–H and O–H groups in total. The van der Waals surface area contributed by atoms with Crippen molar-refractivity contribution in [1.82, 2.24) is 9.96 Å². The monoisotopic (exact) mass is 404 g/mol. The van der Waals surface area contributed by atoms with E-state index in [1.54, 1.807) is 22.1 Å². The van der Waals surface area contributed by atoms with Gasteiger partial charge in [-0.3, -0.25) is 4.79 Å². The summed E-state index contributed by atoms with van der Waals surface area (Å²) in [6.45, 7) is 12.2. The molecule has 0 spiro atoms. The first-order valence-electron chi connectivity index (χ1n) is 10.6. The fourth-order valence-corrected chi connectivity index (χ4v) is 3.32. The van der Waals surface area contributed by atoms with Crippen molar-refractivity contribution in [1.29, 1.82) is 0 Å². The lowest BCUT2D eigenvalue weighted by Crippen LogP contribution is -2.46. The number of benzene rings is 1. The van der Waals surface area contributed by atoms with Crippen LogP contribution in [0.3, 0.4) is 0 Å². The summed E-state index contributed by atoms with van der Waals surface area (Å²) in [5.74, 6) is -0.232. The van der Waals surface area contributed by atoms with Crippen molar-refractivity contribution in [2.75, 3.05) is 37.2 Å². The van der Waals surface area contributed by atoms with Gasteiger partial charge in [0.05, 0.1) is 22.8 Å². The number of rotatable bonds is 7. The number of nitrogen functional groups attached to an aromatic ring is 1. The Hall–Kier alpha value is -2.28. The maximum atomic E-state index is 12.5. The Morgan fingerprint density at radius 2 is 1.93 bits per heavy atom. The summed E-state index contributed by atoms with van der Waals surface area (Å²) in [5, 5.41) is 5.17. The predicted octanol–water partition coefficient (Wildman–Crippen LogP) is 3.52. The third kappa shape index (κ3) is 6.10. The zero-order chi connectivity index (χ0) is 21.6. The Morgan fingerprint density at radius 1 is 1.24 bits per heavy atom. The van der Waals surface area contributed by atoms with Gasteiger partial charge in [-0.1, -0.05) is 6.42 Å². The number of nitrogens with two attached hydrogens (primary N) is 1. The maximum absolute atomic E-state index is 12.5. The van der Waals surface area contributed by atoms with Crippen molar-refractivity contribution in [3.05, 3.63) is 23.8 Å². The average molecular weight is 405 g/mol. The van der Waals surface area contributed by atoms with Gasteiger partial charge in [-0.05, 0) is 65.7 Å². The molecule has 0 aliphatic carbocycles. The van der Waals surface area contributed by atoms with Gasteiger partial charge in [0.2, 0.25) is 0 Å². The van der Waals surface area contributed by atoms with E-state index in [1.807, 2.05) is 40.7 Å². The molecule has 1 aromatic carbocycles. The second-order valence-electron chi connectivity index (χ2n) is 8.58. The van der Waals surface area contributed by atoms with Gasteiger partial charge in [0, 0.05) is 31.7 Å². The van der Waals surface area contributed by atoms with Crippen molar-refractivity contribution in [2.45, 2.75) is 59.9 Å². The molecule has 1 amide bonds. The van der Waals surface area contributed by atoms with E-state index in [2.05, 4.69) is 5.32 Å². The lowest BCUT2D eigenvalue weighted by molar-refractivity contribution is -0.215. The van der Waals surface area contributed by atoms with Crippen LogP contribution >= 0.6 is 0 Å². The molecule has 1 aromatic rings. The molecule has 162 valence electrons. The summed E-state index contributed by atoms with van der Waals surface area (Å²) in [6, 6.07) is 5.46. The van der Waals surface area contributed by atoms with Gasteiger partial charge in [-0.15, -0.1) is 5.06 Å². The second kappa shape index (κ2) is 9.96. The first-order chi connectivity index (χ1) is 13.7. The fourth-order valence-electron chi connectivity index (χ4n) is 3.32. The highest BCUT2D eigenvalue weighted by molar-refractivity contribution is 5.96. The molecule has 0 unspecified atom stereocenters. The van der Waals surface area contributed by atoms with Crippen LogP contribution in [0.15, 0.2) is 18.2 Å². The third-order valence-corrected chi connectivity index (χ3v) is 5.26. The number of carbonyl (C=O) groups is 2. The Labute approximate surface area is 174 Å². The molecule has 0 bridgehead atoms. The predicted molar refractivity (Wildman–Crippen MR) is 116 cm³/mol. The zero-order valence-corrected chi connectivity index (χ0v) is 18.5. The van der Waals surface area contributed by atoms with Gasteiger partial charge < -0.3 is 20.8 Å². The molecule has 1 heterocycles. The molecule has 1 atom stereocenters. The SMILES string of the molecule is CCN(CC)C(=O)c1ccc(NC[C@H]2CCCCN2OC(=O)C(C)(C)C)c(N)c1. The number of amides is 1. The standard InChI is InChI=1S/C22H36N4O3/c1-6-25(7-2)20(27)16-11-12-19(18(23)14-16)24-15-17-10-8-9-13-26(17)29-21(28)22(3,4)5/h11-12,14,17,24H,6-10,13,15,23H2,1-5H3/t17-/m1/s1. The maximum Gasteiger partial charge on any atom is 0.330 e. The summed E-state index contributed by atoms with van der Waals surface area (Å²) in [5.41, 5.74) is 7.58. The Kier molecular flexibility index (Phi) is 7.90. The minimum absolute atomic E-state index is 0.0131. The molecular formula is C22H36N4O3. The second-order valence-corrected chi connectivity index (χ2v) is 8.58. The molecule has 2 rings (SSSR count). The molecule has 29 heavy (non-hydrogen) atoms. The lowest BCUT2D eigenvalue weighted by Gasteiger charge is -2.35. The van der Waals surface area contributed by atoms with E-state index in [0.29, 0.717) is 30.9 Å². The van der Waals surface area contributed by atoms with Gasteiger partial charge in [0.15, 0.2) is 0 Å². The van der Waals surface area contributed by atoms with Crippen LogP contribution in [0.1, 0.15) is 64.2 Å². The highest BCUT2D eigenvalue weighted by Gasteiger charge is 2.31. The molecule has 0 radical (unpaired) electrons. The quantitative estimate of drug-likeness (QED) is 0.676. The van der Waals surface area contributed by atoms with E-state index >= 15 is 0 Å². The molecular weight excluding hydrogens is 368 g/mol. The van der Waals surface area contributed by atoms with E-state index in [0.717, 1.165) is 31.5 Å². The molecule has 0 aromatic heterocycles. The third-order valence-electron chi connectivity index (χ3n) is 5.26. The summed E-state index contributed by atoms with van der Waals surface area (Å²) in [7, 11) is 0. The summed E-state index contributed by atoms with van der Waals surface area (Å²) in [4.78, 5) is 32.2. The number of nitrogens with one attached hydrogen (secondary N) is 1. The van der Waals surface area contributed by atoms with Gasteiger partial charge in [-0.2, -0.15) is 0 Å². The van der Waals surface area contributed by atoms with Crippen LogP contribution in [0.2, 0.25) is 0 Å². The molecule has 7 nitrogen and oxygen atoms in total. The minimum atomic E-state index is -0.535. The van der Waals surface area contributed by atoms with Crippen molar-refractivity contribution < 1.29 is 14.4 Å². The number of nitrogens with zero attached hydrogens (tertiary/aromatic N) is 2. The van der Waals surface area contributed by atoms with E-state index in [9.17, 15) is 9.59 Å². The van der Waals surface area contributed by atoms with Crippen molar-refractivity contribution in [2.24, 2.45) is 5.41 Å². The van der Waals surface area contributed by atoms with E-state index < -0.39 is 5.41 Å². The molecule has 1 saturated heterocycles. The van der Waals surface area contributed by atoms with Gasteiger partial charge in [0.25, 0.3) is 5.91 Å². The molecule has 0 saturated carbocycles. The van der Waals surface area contributed by atoms with Crippen LogP contribution in [-0.4, -0.2) is 54.1 Å². The Bertz CT molecular complexity index is 710. The largest absolute Gasteiger partial charge is 0.397 e. The summed E-state index contributed by atoms with van der Waals surface area (Å²) < 4.78 is 0. The van der Waals surface area contributed by atoms with Crippen molar-refractivity contribution in [3.63, 3.8) is 0 Å². The molecule has 1 fully saturated rings. The van der Waals surface area contributed by atoms with Crippen molar-refractivity contribution in [3.8, 4) is 0 Å². The summed E-state index contributed by atoms with van der Waals surface area (Å²) >= 11 is 0. The van der Waals surface area contributed by atoms with Crippen molar-refractivity contribution >= 4 is 23.3 Å². The number of piperidine rings is 1. The number of anilines is 2. The minimum Gasteiger partial charge on any atom is -0.397 e. The zero-order valence-electron chi connectivity index (χ0n) is 18.5. The smallest absolute Gasteiger partial charge is 0.330 e. The van der Waals surface area contributed by atoms with Crippen LogP contribution in [0.25, 0.3) is 0 Å².